The van der Waals surface area contributed by atoms with Crippen LogP contribution in [0.3, 0.4) is 0 Å². The smallest absolute Gasteiger partial charge is 0.299 e. The van der Waals surface area contributed by atoms with Crippen LogP contribution in [-0.2, 0) is 5.92 Å². The Kier molecular flexibility index (Phi) is 6.73. The molecule has 0 N–H and O–H groups in total. The van der Waals surface area contributed by atoms with E-state index in [1.165, 1.54) is 0 Å². The first-order chi connectivity index (χ1) is 25.5. The fourth-order valence-corrected chi connectivity index (χ4v) is 7.49. The van der Waals surface area contributed by atoms with Crippen molar-refractivity contribution in [1.82, 2.24) is 19.5 Å². The predicted octanol–water partition coefficient (Wildman–Crippen LogP) is 11.8. The number of fused-ring (bicyclic) bond motifs is 6. The molecule has 6 heteroatoms. The highest BCUT2D eigenvalue weighted by Gasteiger charge is 2.44. The Morgan fingerprint density at radius 2 is 0.846 bits per heavy atom. The van der Waals surface area contributed by atoms with Crippen molar-refractivity contribution >= 4 is 21.8 Å². The SMILES string of the molecule is FC1(F)c2cc(-c3ccc4c(c3)c3ccccc3n4-c3ccccc3)ccc2-c2ccc(-c3nc(-c4ccccc4)nc(-c4ccccc4)n3)cc21. The van der Waals surface area contributed by atoms with Crippen LogP contribution in [0.2, 0.25) is 0 Å². The van der Waals surface area contributed by atoms with Gasteiger partial charge in [-0.3, -0.25) is 0 Å². The number of para-hydroxylation sites is 2. The van der Waals surface area contributed by atoms with Gasteiger partial charge in [0.2, 0.25) is 0 Å². The maximum absolute atomic E-state index is 16.6. The molecule has 7 aromatic carbocycles. The molecule has 0 aliphatic heterocycles. The van der Waals surface area contributed by atoms with Crippen molar-refractivity contribution < 1.29 is 8.78 Å². The van der Waals surface area contributed by atoms with Crippen molar-refractivity contribution in [2.75, 3.05) is 0 Å². The van der Waals surface area contributed by atoms with Crippen molar-refractivity contribution in [3.8, 4) is 62.1 Å². The van der Waals surface area contributed by atoms with Gasteiger partial charge in [-0.15, -0.1) is 0 Å². The molecule has 0 spiro atoms. The monoisotopic (exact) mass is 674 g/mol. The van der Waals surface area contributed by atoms with E-state index in [4.69, 9.17) is 15.0 Å². The van der Waals surface area contributed by atoms with Gasteiger partial charge in [-0.25, -0.2) is 15.0 Å². The minimum Gasteiger partial charge on any atom is -0.309 e. The molecule has 0 saturated carbocycles. The Labute approximate surface area is 298 Å². The number of rotatable bonds is 5. The van der Waals surface area contributed by atoms with E-state index in [0.29, 0.717) is 34.2 Å². The lowest BCUT2D eigenvalue weighted by molar-refractivity contribution is 0.0481. The molecule has 4 nitrogen and oxygen atoms in total. The fourth-order valence-electron chi connectivity index (χ4n) is 7.49. The number of halogens is 2. The average molecular weight is 675 g/mol. The average Bonchev–Trinajstić information content (AvgIpc) is 3.66. The second kappa shape index (κ2) is 11.6. The molecule has 2 heterocycles. The lowest BCUT2D eigenvalue weighted by atomic mass is 9.97. The second-order valence-electron chi connectivity index (χ2n) is 13.1. The molecule has 246 valence electrons. The van der Waals surface area contributed by atoms with E-state index in [2.05, 4.69) is 41.0 Å². The number of hydrogen-bond acceptors (Lipinski definition) is 3. The largest absolute Gasteiger partial charge is 0.309 e. The van der Waals surface area contributed by atoms with E-state index in [9.17, 15) is 0 Å². The summed E-state index contributed by atoms with van der Waals surface area (Å²) in [7, 11) is 0. The number of aromatic nitrogens is 4. The van der Waals surface area contributed by atoms with Crippen LogP contribution in [0.15, 0.2) is 170 Å². The molecule has 9 aromatic rings. The van der Waals surface area contributed by atoms with Gasteiger partial charge < -0.3 is 4.57 Å². The Morgan fingerprint density at radius 1 is 0.385 bits per heavy atom. The predicted molar refractivity (Wildman–Crippen MR) is 204 cm³/mol. The Morgan fingerprint density at radius 3 is 1.48 bits per heavy atom. The van der Waals surface area contributed by atoms with Crippen LogP contribution >= 0.6 is 0 Å². The normalized spacial score (nSPS) is 13.0. The molecule has 52 heavy (non-hydrogen) atoms. The molecular formula is C46H28F2N4. The minimum atomic E-state index is -3.22. The molecule has 0 unspecified atom stereocenters. The lowest BCUT2D eigenvalue weighted by Gasteiger charge is -2.14. The molecule has 2 aromatic heterocycles. The molecule has 0 bridgehead atoms. The molecule has 0 amide bonds. The standard InChI is InChI=1S/C46H28F2N4/c47-46(48)39-27-32(31-22-25-42-38(26-31)37-18-10-11-19-41(37)52(42)34-16-8-3-9-17-34)20-23-35(39)36-24-21-33(28-40(36)46)45-50-43(29-12-4-1-5-13-29)49-44(51-45)30-14-6-2-7-15-30/h1-28H. The maximum Gasteiger partial charge on any atom is 0.299 e. The van der Waals surface area contributed by atoms with Gasteiger partial charge in [0.1, 0.15) is 0 Å². The summed E-state index contributed by atoms with van der Waals surface area (Å²) < 4.78 is 35.5. The first-order valence-corrected chi connectivity index (χ1v) is 17.2. The zero-order chi connectivity index (χ0) is 34.8. The summed E-state index contributed by atoms with van der Waals surface area (Å²) in [5, 5.41) is 2.18. The molecular weight excluding hydrogens is 647 g/mol. The van der Waals surface area contributed by atoms with E-state index in [1.54, 1.807) is 18.2 Å². The van der Waals surface area contributed by atoms with E-state index in [0.717, 1.165) is 49.7 Å². The maximum atomic E-state index is 16.6. The van der Waals surface area contributed by atoms with E-state index >= 15 is 8.78 Å². The number of alkyl halides is 2. The molecule has 1 aliphatic carbocycles. The van der Waals surface area contributed by atoms with Crippen LogP contribution in [0, 0.1) is 0 Å². The fraction of sp³-hybridized carbons (Fsp3) is 0.0217. The summed E-state index contributed by atoms with van der Waals surface area (Å²) in [6.07, 6.45) is 0. The summed E-state index contributed by atoms with van der Waals surface area (Å²) >= 11 is 0. The number of hydrogen-bond donors (Lipinski definition) is 0. The Balaban J connectivity index is 1.06. The van der Waals surface area contributed by atoms with Gasteiger partial charge in [-0.05, 0) is 64.7 Å². The molecule has 0 fully saturated rings. The van der Waals surface area contributed by atoms with Gasteiger partial charge in [0.05, 0.1) is 11.0 Å². The topological polar surface area (TPSA) is 43.6 Å². The highest BCUT2D eigenvalue weighted by Crippen LogP contribution is 2.53. The summed E-state index contributed by atoms with van der Waals surface area (Å²) in [5.41, 5.74) is 7.97. The summed E-state index contributed by atoms with van der Waals surface area (Å²) in [6.45, 7) is 0. The van der Waals surface area contributed by atoms with Crippen molar-refractivity contribution in [2.24, 2.45) is 0 Å². The van der Waals surface area contributed by atoms with Gasteiger partial charge in [0, 0.05) is 44.3 Å². The molecule has 0 atom stereocenters. The number of nitrogens with zero attached hydrogens (tertiary/aromatic N) is 4. The first-order valence-electron chi connectivity index (χ1n) is 17.2. The van der Waals surface area contributed by atoms with Gasteiger partial charge in [0.15, 0.2) is 17.5 Å². The summed E-state index contributed by atoms with van der Waals surface area (Å²) in [6, 6.07) is 54.6. The second-order valence-corrected chi connectivity index (χ2v) is 13.1. The lowest BCUT2D eigenvalue weighted by Crippen LogP contribution is -2.11. The summed E-state index contributed by atoms with van der Waals surface area (Å²) in [4.78, 5) is 14.3. The number of benzene rings is 7. The van der Waals surface area contributed by atoms with E-state index in [-0.39, 0.29) is 11.1 Å². The summed E-state index contributed by atoms with van der Waals surface area (Å²) in [5.74, 6) is -1.92. The van der Waals surface area contributed by atoms with Crippen molar-refractivity contribution in [2.45, 2.75) is 5.92 Å². The third-order valence-corrected chi connectivity index (χ3v) is 9.98. The van der Waals surface area contributed by atoms with E-state index in [1.807, 2.05) is 115 Å². The highest BCUT2D eigenvalue weighted by molar-refractivity contribution is 6.10. The highest BCUT2D eigenvalue weighted by atomic mass is 19.3. The molecule has 0 radical (unpaired) electrons. The zero-order valence-corrected chi connectivity index (χ0v) is 27.7. The van der Waals surface area contributed by atoms with Gasteiger partial charge in [0.25, 0.3) is 5.92 Å². The van der Waals surface area contributed by atoms with Crippen LogP contribution in [0.4, 0.5) is 8.78 Å². The minimum absolute atomic E-state index is 0.00504. The van der Waals surface area contributed by atoms with Gasteiger partial charge in [-0.1, -0.05) is 127 Å². The van der Waals surface area contributed by atoms with Gasteiger partial charge in [-0.2, -0.15) is 8.78 Å². The Hall–Kier alpha value is -6.79. The van der Waals surface area contributed by atoms with E-state index < -0.39 is 5.92 Å². The van der Waals surface area contributed by atoms with Crippen molar-refractivity contribution in [3.05, 3.63) is 181 Å². The first kappa shape index (κ1) is 30.1. The molecule has 1 aliphatic rings. The third-order valence-electron chi connectivity index (χ3n) is 9.98. The quantitative estimate of drug-likeness (QED) is 0.182. The van der Waals surface area contributed by atoms with Crippen molar-refractivity contribution in [1.29, 1.82) is 0 Å². The third kappa shape index (κ3) is 4.76. The van der Waals surface area contributed by atoms with Crippen LogP contribution < -0.4 is 0 Å². The molecule has 10 rings (SSSR count). The van der Waals surface area contributed by atoms with Crippen LogP contribution in [-0.4, -0.2) is 19.5 Å². The van der Waals surface area contributed by atoms with Gasteiger partial charge >= 0.3 is 0 Å². The van der Waals surface area contributed by atoms with Crippen molar-refractivity contribution in [3.63, 3.8) is 0 Å². The van der Waals surface area contributed by atoms with Crippen LogP contribution in [0.1, 0.15) is 11.1 Å². The molecule has 0 saturated heterocycles. The van der Waals surface area contributed by atoms with Crippen LogP contribution in [0.25, 0.3) is 83.9 Å². The Bertz CT molecular complexity index is 2750. The van der Waals surface area contributed by atoms with Crippen LogP contribution in [0.5, 0.6) is 0 Å². The zero-order valence-electron chi connectivity index (χ0n) is 27.7.